The third-order valence-electron chi connectivity index (χ3n) is 5.30. The molecule has 0 bridgehead atoms. The van der Waals surface area contributed by atoms with E-state index in [9.17, 15) is 9.59 Å². The Balaban J connectivity index is 1.81. The lowest BCUT2D eigenvalue weighted by molar-refractivity contribution is -0.153. The number of hydrogen-bond acceptors (Lipinski definition) is 4. The van der Waals surface area contributed by atoms with Gasteiger partial charge >= 0.3 is 0 Å². The summed E-state index contributed by atoms with van der Waals surface area (Å²) in [7, 11) is 0. The maximum Gasteiger partial charge on any atom is 0.242 e. The van der Waals surface area contributed by atoms with E-state index in [-0.39, 0.29) is 6.04 Å². The van der Waals surface area contributed by atoms with E-state index >= 15 is 0 Å². The summed E-state index contributed by atoms with van der Waals surface area (Å²) < 4.78 is 13.6. The third kappa shape index (κ3) is 3.63. The smallest absolute Gasteiger partial charge is 0.242 e. The fourth-order valence-corrected chi connectivity index (χ4v) is 4.04. The number of ketones is 1. The van der Waals surface area contributed by atoms with Gasteiger partial charge in [-0.15, -0.1) is 0 Å². The summed E-state index contributed by atoms with van der Waals surface area (Å²) in [6.07, 6.45) is 3.62. The first-order valence-corrected chi connectivity index (χ1v) is 9.50. The highest BCUT2D eigenvalue weighted by Crippen LogP contribution is 2.34. The first-order chi connectivity index (χ1) is 13.6. The van der Waals surface area contributed by atoms with Gasteiger partial charge in [-0.3, -0.25) is 9.59 Å². The van der Waals surface area contributed by atoms with Crippen LogP contribution in [-0.4, -0.2) is 35.6 Å². The SMILES string of the molecule is CC1(CC(Cc2ccccc2)n2cc3ccccc3c2C(=O)C=O)OCCO1. The molecule has 1 unspecified atom stereocenters. The second-order valence-electron chi connectivity index (χ2n) is 7.33. The first kappa shape index (κ1) is 18.6. The summed E-state index contributed by atoms with van der Waals surface area (Å²) in [4.78, 5) is 23.9. The highest BCUT2D eigenvalue weighted by atomic mass is 16.7. The van der Waals surface area contributed by atoms with E-state index in [4.69, 9.17) is 9.47 Å². The number of ether oxygens (including phenoxy) is 2. The van der Waals surface area contributed by atoms with Gasteiger partial charge in [0.05, 0.1) is 13.2 Å². The van der Waals surface area contributed by atoms with Gasteiger partial charge in [-0.2, -0.15) is 0 Å². The molecule has 0 N–H and O–H groups in total. The number of Topliss-reactive ketones (excluding diaryl/α,β-unsaturated/α-hetero) is 1. The number of nitrogens with zero attached hydrogens (tertiary/aromatic N) is 1. The molecule has 0 saturated carbocycles. The molecule has 5 heteroatoms. The second kappa shape index (κ2) is 7.70. The minimum atomic E-state index is -0.711. The van der Waals surface area contributed by atoms with Gasteiger partial charge in [0.2, 0.25) is 5.78 Å². The maximum absolute atomic E-state index is 12.5. The van der Waals surface area contributed by atoms with E-state index in [2.05, 4.69) is 12.1 Å². The maximum atomic E-state index is 12.5. The zero-order valence-electron chi connectivity index (χ0n) is 15.8. The summed E-state index contributed by atoms with van der Waals surface area (Å²) in [6.45, 7) is 3.05. The Morgan fingerprint density at radius 2 is 1.79 bits per heavy atom. The van der Waals surface area contributed by atoms with E-state index in [0.717, 1.165) is 16.3 Å². The van der Waals surface area contributed by atoms with Crippen molar-refractivity contribution >= 4 is 22.8 Å². The number of carbonyl (C=O) groups is 2. The molecule has 1 fully saturated rings. The molecule has 2 heterocycles. The zero-order chi connectivity index (χ0) is 19.6. The molecule has 0 amide bonds. The van der Waals surface area contributed by atoms with Crippen molar-refractivity contribution in [1.82, 2.24) is 4.57 Å². The molecular weight excluding hydrogens is 354 g/mol. The normalized spacial score (nSPS) is 16.9. The minimum absolute atomic E-state index is 0.100. The zero-order valence-corrected chi connectivity index (χ0v) is 15.8. The molecule has 0 spiro atoms. The van der Waals surface area contributed by atoms with Crippen LogP contribution in [0.25, 0.3) is 10.8 Å². The largest absolute Gasteiger partial charge is 0.348 e. The van der Waals surface area contributed by atoms with Crippen molar-refractivity contribution in [2.24, 2.45) is 0 Å². The van der Waals surface area contributed by atoms with Crippen molar-refractivity contribution in [2.45, 2.75) is 31.6 Å². The van der Waals surface area contributed by atoms with Crippen LogP contribution in [0.1, 0.15) is 35.4 Å². The molecule has 1 aromatic heterocycles. The number of fused-ring (bicyclic) bond motifs is 1. The summed E-state index contributed by atoms with van der Waals surface area (Å²) in [5.41, 5.74) is 1.57. The van der Waals surface area contributed by atoms with Gasteiger partial charge in [0, 0.05) is 29.4 Å². The van der Waals surface area contributed by atoms with Crippen molar-refractivity contribution in [3.05, 3.63) is 72.1 Å². The van der Waals surface area contributed by atoms with Gasteiger partial charge in [-0.25, -0.2) is 0 Å². The van der Waals surface area contributed by atoms with Crippen molar-refractivity contribution in [3.8, 4) is 0 Å². The average molecular weight is 377 g/mol. The fraction of sp³-hybridized carbons (Fsp3) is 0.304. The highest BCUT2D eigenvalue weighted by Gasteiger charge is 2.35. The lowest BCUT2D eigenvalue weighted by atomic mass is 9.98. The summed E-state index contributed by atoms with van der Waals surface area (Å²) >= 11 is 0. The third-order valence-corrected chi connectivity index (χ3v) is 5.30. The lowest BCUT2D eigenvalue weighted by Gasteiger charge is -2.30. The Bertz CT molecular complexity index is 986. The van der Waals surface area contributed by atoms with Crippen LogP contribution in [0.2, 0.25) is 0 Å². The van der Waals surface area contributed by atoms with Crippen LogP contribution in [-0.2, 0) is 20.7 Å². The molecule has 1 atom stereocenters. The molecule has 0 aliphatic carbocycles. The molecule has 28 heavy (non-hydrogen) atoms. The first-order valence-electron chi connectivity index (χ1n) is 9.50. The van der Waals surface area contributed by atoms with Gasteiger partial charge < -0.3 is 14.0 Å². The molecule has 1 aliphatic rings. The molecule has 144 valence electrons. The number of carbonyl (C=O) groups excluding carboxylic acids is 2. The Morgan fingerprint density at radius 3 is 2.50 bits per heavy atom. The quantitative estimate of drug-likeness (QED) is 0.355. The van der Waals surface area contributed by atoms with Crippen LogP contribution in [0, 0.1) is 0 Å². The predicted molar refractivity (Wildman–Crippen MR) is 106 cm³/mol. The predicted octanol–water partition coefficient (Wildman–Crippen LogP) is 3.96. The summed E-state index contributed by atoms with van der Waals surface area (Å²) in [6, 6.07) is 17.7. The molecular formula is C23H23NO4. The molecule has 1 aliphatic heterocycles. The summed E-state index contributed by atoms with van der Waals surface area (Å²) in [5.74, 6) is -1.23. The number of aromatic nitrogens is 1. The molecule has 4 rings (SSSR count). The van der Waals surface area contributed by atoms with E-state index in [1.54, 1.807) is 0 Å². The van der Waals surface area contributed by atoms with E-state index < -0.39 is 11.6 Å². The Hall–Kier alpha value is -2.76. The van der Waals surface area contributed by atoms with Crippen LogP contribution < -0.4 is 0 Å². The van der Waals surface area contributed by atoms with E-state index in [1.165, 1.54) is 0 Å². The van der Waals surface area contributed by atoms with Crippen molar-refractivity contribution in [3.63, 3.8) is 0 Å². The molecule has 5 nitrogen and oxygen atoms in total. The lowest BCUT2D eigenvalue weighted by Crippen LogP contribution is -2.31. The number of rotatable bonds is 7. The number of benzene rings is 2. The fourth-order valence-electron chi connectivity index (χ4n) is 4.04. The second-order valence-corrected chi connectivity index (χ2v) is 7.33. The van der Waals surface area contributed by atoms with Crippen molar-refractivity contribution < 1.29 is 19.1 Å². The topological polar surface area (TPSA) is 57.5 Å². The highest BCUT2D eigenvalue weighted by molar-refractivity contribution is 6.35. The van der Waals surface area contributed by atoms with Crippen LogP contribution in [0.3, 0.4) is 0 Å². The Kier molecular flexibility index (Phi) is 5.11. The van der Waals surface area contributed by atoms with Crippen LogP contribution in [0.5, 0.6) is 0 Å². The molecule has 0 radical (unpaired) electrons. The van der Waals surface area contributed by atoms with Crippen molar-refractivity contribution in [1.29, 1.82) is 0 Å². The van der Waals surface area contributed by atoms with Gasteiger partial charge in [-0.05, 0) is 18.9 Å². The monoisotopic (exact) mass is 377 g/mol. The van der Waals surface area contributed by atoms with E-state index in [0.29, 0.717) is 38.0 Å². The van der Waals surface area contributed by atoms with Gasteiger partial charge in [0.25, 0.3) is 0 Å². The number of hydrogen-bond donors (Lipinski definition) is 0. The minimum Gasteiger partial charge on any atom is -0.348 e. The summed E-state index contributed by atoms with van der Waals surface area (Å²) in [5, 5.41) is 1.72. The Labute approximate surface area is 163 Å². The van der Waals surface area contributed by atoms with Crippen LogP contribution in [0.15, 0.2) is 60.8 Å². The van der Waals surface area contributed by atoms with Crippen LogP contribution >= 0.6 is 0 Å². The molecule has 2 aromatic carbocycles. The number of aldehydes is 1. The van der Waals surface area contributed by atoms with E-state index in [1.807, 2.05) is 60.2 Å². The standard InChI is InChI=1S/C23H23NO4/c1-23(27-11-12-28-23)14-19(13-17-7-3-2-4-8-17)24-15-18-9-5-6-10-20(18)22(24)21(26)16-25/h2-10,15-16,19H,11-14H2,1H3. The Morgan fingerprint density at radius 1 is 1.11 bits per heavy atom. The molecule has 3 aromatic rings. The van der Waals surface area contributed by atoms with Crippen molar-refractivity contribution in [2.75, 3.05) is 13.2 Å². The molecule has 1 saturated heterocycles. The van der Waals surface area contributed by atoms with Gasteiger partial charge in [0.15, 0.2) is 12.1 Å². The average Bonchev–Trinajstić information content (AvgIpc) is 3.31. The van der Waals surface area contributed by atoms with Crippen LogP contribution in [0.4, 0.5) is 0 Å². The van der Waals surface area contributed by atoms with Gasteiger partial charge in [0.1, 0.15) is 5.69 Å². The van der Waals surface area contributed by atoms with Gasteiger partial charge in [-0.1, -0.05) is 54.6 Å².